The van der Waals surface area contributed by atoms with Crippen LogP contribution in [0.3, 0.4) is 0 Å². The van der Waals surface area contributed by atoms with Gasteiger partial charge in [0.25, 0.3) is 0 Å². The van der Waals surface area contributed by atoms with Gasteiger partial charge in [-0.15, -0.1) is 0 Å². The van der Waals surface area contributed by atoms with Gasteiger partial charge in [0.15, 0.2) is 0 Å². The molecule has 228 valence electrons. The maximum atomic E-state index is 10.7. The zero-order chi connectivity index (χ0) is 32.5. The van der Waals surface area contributed by atoms with Gasteiger partial charge in [0.1, 0.15) is 5.82 Å². The van der Waals surface area contributed by atoms with Crippen molar-refractivity contribution in [3.63, 3.8) is 0 Å². The third kappa shape index (κ3) is 3.95. The van der Waals surface area contributed by atoms with Crippen LogP contribution in [0.1, 0.15) is 5.56 Å². The predicted molar refractivity (Wildman–Crippen MR) is 200 cm³/mol. The summed E-state index contributed by atoms with van der Waals surface area (Å²) in [5.74, 6) is 0.797. The van der Waals surface area contributed by atoms with Crippen LogP contribution in [0.4, 0.5) is 0 Å². The van der Waals surface area contributed by atoms with E-state index in [-0.39, 0.29) is 0 Å². The molecule has 5 heteroatoms. The molecule has 0 N–H and O–H groups in total. The number of rotatable bonds is 4. The Morgan fingerprint density at radius 1 is 0.429 bits per heavy atom. The molecule has 0 aliphatic rings. The van der Waals surface area contributed by atoms with E-state index < -0.39 is 0 Å². The molecule has 3 heterocycles. The Kier molecular flexibility index (Phi) is 5.87. The highest BCUT2D eigenvalue weighted by molar-refractivity contribution is 6.12. The normalized spacial score (nSPS) is 11.7. The number of nitriles is 1. The fourth-order valence-electron chi connectivity index (χ4n) is 7.65. The van der Waals surface area contributed by atoms with Crippen molar-refractivity contribution < 1.29 is 0 Å². The van der Waals surface area contributed by atoms with Crippen LogP contribution >= 0.6 is 0 Å². The lowest BCUT2D eigenvalue weighted by atomic mass is 10.0. The van der Waals surface area contributed by atoms with Crippen LogP contribution in [0.25, 0.3) is 83.1 Å². The third-order valence-corrected chi connectivity index (χ3v) is 9.67. The van der Waals surface area contributed by atoms with E-state index in [1.807, 2.05) is 24.3 Å². The molecule has 0 spiro atoms. The first-order valence-electron chi connectivity index (χ1n) is 16.4. The Morgan fingerprint density at radius 2 is 0.837 bits per heavy atom. The van der Waals surface area contributed by atoms with Crippen molar-refractivity contribution in [2.24, 2.45) is 0 Å². The van der Waals surface area contributed by atoms with E-state index in [0.717, 1.165) is 83.1 Å². The molecular weight excluding hydrogens is 599 g/mol. The first kappa shape index (κ1) is 27.2. The quantitative estimate of drug-likeness (QED) is 0.195. The summed E-state index contributed by atoms with van der Waals surface area (Å²) in [6.45, 7) is 0. The van der Waals surface area contributed by atoms with Crippen LogP contribution < -0.4 is 0 Å². The second kappa shape index (κ2) is 10.6. The molecule has 0 radical (unpaired) electrons. The molecule has 0 unspecified atom stereocenters. The number of imidazole rings is 1. The van der Waals surface area contributed by atoms with Crippen molar-refractivity contribution >= 4 is 54.6 Å². The minimum Gasteiger partial charge on any atom is -0.308 e. The number of hydrogen-bond acceptors (Lipinski definition) is 2. The van der Waals surface area contributed by atoms with Gasteiger partial charge in [-0.3, -0.25) is 4.57 Å². The summed E-state index contributed by atoms with van der Waals surface area (Å²) < 4.78 is 6.88. The molecule has 0 aliphatic carbocycles. The lowest BCUT2D eigenvalue weighted by Gasteiger charge is -2.21. The molecule has 3 aromatic heterocycles. The lowest BCUT2D eigenvalue weighted by molar-refractivity contribution is 1.07. The number of para-hydroxylation sites is 7. The molecule has 0 saturated carbocycles. The van der Waals surface area contributed by atoms with E-state index in [1.165, 1.54) is 0 Å². The van der Waals surface area contributed by atoms with E-state index in [2.05, 4.69) is 159 Å². The second-order valence-electron chi connectivity index (χ2n) is 12.3. The van der Waals surface area contributed by atoms with Crippen LogP contribution in [0.15, 0.2) is 164 Å². The largest absolute Gasteiger partial charge is 0.308 e. The molecule has 0 atom stereocenters. The average molecular weight is 626 g/mol. The van der Waals surface area contributed by atoms with Gasteiger partial charge in [0, 0.05) is 27.2 Å². The topological polar surface area (TPSA) is 51.5 Å². The lowest BCUT2D eigenvalue weighted by Crippen LogP contribution is -2.08. The Bertz CT molecular complexity index is 2710. The molecule has 0 amide bonds. The van der Waals surface area contributed by atoms with Crippen molar-refractivity contribution in [1.82, 2.24) is 18.7 Å². The average Bonchev–Trinajstić information content (AvgIpc) is 3.82. The molecule has 0 aliphatic heterocycles. The second-order valence-corrected chi connectivity index (χ2v) is 12.3. The van der Waals surface area contributed by atoms with Crippen LogP contribution in [0.5, 0.6) is 0 Å². The maximum Gasteiger partial charge on any atom is 0.149 e. The maximum absolute atomic E-state index is 10.7. The van der Waals surface area contributed by atoms with Gasteiger partial charge < -0.3 is 9.13 Å². The summed E-state index contributed by atoms with van der Waals surface area (Å²) in [4.78, 5) is 5.43. The van der Waals surface area contributed by atoms with Crippen molar-refractivity contribution in [1.29, 1.82) is 5.26 Å². The van der Waals surface area contributed by atoms with Crippen molar-refractivity contribution in [3.05, 3.63) is 169 Å². The molecule has 10 aromatic rings. The predicted octanol–water partition coefficient (Wildman–Crippen LogP) is 10.8. The summed E-state index contributed by atoms with van der Waals surface area (Å²) in [6, 6.07) is 59.3. The molecule has 10 rings (SSSR count). The highest BCUT2D eigenvalue weighted by Crippen LogP contribution is 2.43. The van der Waals surface area contributed by atoms with E-state index in [0.29, 0.717) is 5.56 Å². The van der Waals surface area contributed by atoms with Crippen LogP contribution in [-0.2, 0) is 0 Å². The Morgan fingerprint density at radius 3 is 1.31 bits per heavy atom. The molecule has 49 heavy (non-hydrogen) atoms. The number of benzene rings is 7. The van der Waals surface area contributed by atoms with Gasteiger partial charge in [-0.25, -0.2) is 4.98 Å². The number of fused-ring (bicyclic) bond motifs is 7. The minimum absolute atomic E-state index is 0.569. The Labute approximate surface area is 281 Å². The molecule has 7 aromatic carbocycles. The molecule has 5 nitrogen and oxygen atoms in total. The van der Waals surface area contributed by atoms with Crippen LogP contribution in [-0.4, -0.2) is 18.7 Å². The fraction of sp³-hybridized carbons (Fsp3) is 0. The Balaban J connectivity index is 1.46. The van der Waals surface area contributed by atoms with Crippen LogP contribution in [0, 0.1) is 11.3 Å². The standard InChI is InChI=1S/C44H27N5/c45-28-29-26-41(48-36-21-9-4-16-31(36)32-17-5-10-22-37(32)48)43(44-46-35-20-8-13-25-40(35)47(44)30-14-2-1-3-15-30)42(27-29)49-38-23-11-6-18-33(38)34-19-7-12-24-39(34)49/h1-27H. The zero-order valence-corrected chi connectivity index (χ0v) is 26.3. The first-order valence-corrected chi connectivity index (χ1v) is 16.4. The minimum atomic E-state index is 0.569. The van der Waals surface area contributed by atoms with Crippen molar-refractivity contribution in [3.8, 4) is 34.5 Å². The summed E-state index contributed by atoms with van der Waals surface area (Å²) >= 11 is 0. The van der Waals surface area contributed by atoms with Gasteiger partial charge in [0.2, 0.25) is 0 Å². The Hall–Kier alpha value is -6.90. The monoisotopic (exact) mass is 625 g/mol. The SMILES string of the molecule is N#Cc1cc(-n2c3ccccc3c3ccccc32)c(-c2nc3ccccc3n2-c2ccccc2)c(-n2c3ccccc3c3ccccc32)c1. The van der Waals surface area contributed by atoms with E-state index in [1.54, 1.807) is 0 Å². The highest BCUT2D eigenvalue weighted by Gasteiger charge is 2.27. The molecule has 0 bridgehead atoms. The highest BCUT2D eigenvalue weighted by atomic mass is 15.1. The van der Waals surface area contributed by atoms with E-state index in [9.17, 15) is 5.26 Å². The van der Waals surface area contributed by atoms with Crippen LogP contribution in [0.2, 0.25) is 0 Å². The summed E-state index contributed by atoms with van der Waals surface area (Å²) in [5, 5.41) is 15.3. The van der Waals surface area contributed by atoms with Crippen molar-refractivity contribution in [2.75, 3.05) is 0 Å². The van der Waals surface area contributed by atoms with Gasteiger partial charge in [-0.2, -0.15) is 5.26 Å². The molecule has 0 fully saturated rings. The summed E-state index contributed by atoms with van der Waals surface area (Å²) in [7, 11) is 0. The van der Waals surface area contributed by atoms with Gasteiger partial charge in [-0.05, 0) is 60.7 Å². The van der Waals surface area contributed by atoms with Gasteiger partial charge in [0.05, 0.1) is 61.7 Å². The summed E-state index contributed by atoms with van der Waals surface area (Å²) in [6.07, 6.45) is 0. The number of aromatic nitrogens is 4. The first-order chi connectivity index (χ1) is 24.3. The molecular formula is C44H27N5. The van der Waals surface area contributed by atoms with E-state index in [4.69, 9.17) is 4.98 Å². The zero-order valence-electron chi connectivity index (χ0n) is 26.3. The third-order valence-electron chi connectivity index (χ3n) is 9.67. The van der Waals surface area contributed by atoms with Crippen molar-refractivity contribution in [2.45, 2.75) is 0 Å². The van der Waals surface area contributed by atoms with Gasteiger partial charge in [-0.1, -0.05) is 103 Å². The number of nitrogens with zero attached hydrogens (tertiary/aromatic N) is 5. The fourth-order valence-corrected chi connectivity index (χ4v) is 7.65. The number of hydrogen-bond donors (Lipinski definition) is 0. The molecule has 0 saturated heterocycles. The smallest absolute Gasteiger partial charge is 0.149 e. The van der Waals surface area contributed by atoms with E-state index >= 15 is 0 Å². The van der Waals surface area contributed by atoms with Gasteiger partial charge >= 0.3 is 0 Å². The summed E-state index contributed by atoms with van der Waals surface area (Å²) in [5.41, 5.74) is 10.5.